The molecule has 8 rings (SSSR count). The first-order chi connectivity index (χ1) is 23.2. The number of urea groups is 1. The second-order valence-corrected chi connectivity index (χ2v) is 17.9. The molecule has 3 saturated carbocycles. The Balaban J connectivity index is 1.28. The maximum absolute atomic E-state index is 15.1. The number of rotatable bonds is 9. The van der Waals surface area contributed by atoms with Gasteiger partial charge in [0.15, 0.2) is 5.78 Å². The third-order valence-electron chi connectivity index (χ3n) is 13.8. The van der Waals surface area contributed by atoms with E-state index in [0.717, 1.165) is 25.7 Å². The number of fused-ring (bicyclic) bond motifs is 1. The summed E-state index contributed by atoms with van der Waals surface area (Å²) in [4.78, 5) is 31.3. The molecule has 0 radical (unpaired) electrons. The van der Waals surface area contributed by atoms with E-state index < -0.39 is 33.8 Å². The van der Waals surface area contributed by atoms with Crippen molar-refractivity contribution in [2.75, 3.05) is 13.1 Å². The van der Waals surface area contributed by atoms with Gasteiger partial charge in [-0.05, 0) is 106 Å². The third-order valence-corrected chi connectivity index (χ3v) is 15.1. The molecule has 1 heterocycles. The van der Waals surface area contributed by atoms with Crippen LogP contribution in [0.3, 0.4) is 0 Å². The van der Waals surface area contributed by atoms with Gasteiger partial charge < -0.3 is 20.4 Å². The predicted molar refractivity (Wildman–Crippen MR) is 192 cm³/mol. The highest BCUT2D eigenvalue weighted by molar-refractivity contribution is 7.09. The first-order valence-electron chi connectivity index (χ1n) is 18.1. The largest absolute Gasteiger partial charge is 0.393 e. The predicted octanol–water partition coefficient (Wildman–Crippen LogP) is 7.91. The van der Waals surface area contributed by atoms with Crippen LogP contribution in [0.15, 0.2) is 59.5 Å². The molecule has 0 saturated heterocycles. The number of aliphatic hydroxyl groups excluding tert-OH is 1. The minimum atomic E-state index is -1.17. The number of halogens is 2. The highest BCUT2D eigenvalue weighted by atomic mass is 35.5. The summed E-state index contributed by atoms with van der Waals surface area (Å²) in [6, 6.07) is 8.39. The lowest BCUT2D eigenvalue weighted by Crippen LogP contribution is -2.67. The van der Waals surface area contributed by atoms with Crippen molar-refractivity contribution in [1.29, 1.82) is 0 Å². The average Bonchev–Trinajstić information content (AvgIpc) is 3.66. The van der Waals surface area contributed by atoms with Gasteiger partial charge in [0.2, 0.25) is 0 Å². The summed E-state index contributed by atoms with van der Waals surface area (Å²) >= 11 is 8.13. The van der Waals surface area contributed by atoms with Crippen molar-refractivity contribution in [3.05, 3.63) is 80.8 Å². The molecule has 2 spiro atoms. The summed E-state index contributed by atoms with van der Waals surface area (Å²) < 4.78 is 15.1. The fraction of sp³-hybridized carbons (Fsp3) is 0.600. The number of amides is 2. The minimum Gasteiger partial charge on any atom is -0.393 e. The van der Waals surface area contributed by atoms with E-state index in [-0.39, 0.29) is 58.7 Å². The van der Waals surface area contributed by atoms with Crippen LogP contribution in [0.5, 0.6) is 0 Å². The molecular weight excluding hydrogens is 659 g/mol. The van der Waals surface area contributed by atoms with Crippen LogP contribution in [0.2, 0.25) is 5.02 Å². The summed E-state index contributed by atoms with van der Waals surface area (Å²) in [5, 5.41) is 29.2. The van der Waals surface area contributed by atoms with Gasteiger partial charge in [-0.15, -0.1) is 11.3 Å². The van der Waals surface area contributed by atoms with E-state index in [4.69, 9.17) is 11.6 Å². The molecule has 1 aromatic heterocycles. The van der Waals surface area contributed by atoms with Crippen molar-refractivity contribution in [3.8, 4) is 0 Å². The minimum absolute atomic E-state index is 0.0427. The van der Waals surface area contributed by atoms with Crippen molar-refractivity contribution in [1.82, 2.24) is 10.2 Å². The normalized spacial score (nSPS) is 37.3. The summed E-state index contributed by atoms with van der Waals surface area (Å²) in [5.41, 5.74) is -2.18. The molecule has 9 heteroatoms. The van der Waals surface area contributed by atoms with Crippen LogP contribution in [-0.4, -0.2) is 57.8 Å². The first-order valence-corrected chi connectivity index (χ1v) is 19.3. The average molecular weight is 709 g/mol. The maximum Gasteiger partial charge on any atom is 0.317 e. The number of nitrogens with one attached hydrogen (secondary N) is 1. The number of nitrogens with zero attached hydrogens (tertiary/aromatic N) is 1. The highest BCUT2D eigenvalue weighted by Gasteiger charge is 2.74. The number of thiophene rings is 1. The van der Waals surface area contributed by atoms with Crippen LogP contribution in [0.4, 0.5) is 9.18 Å². The number of aliphatic hydroxyl groups is 2. The number of allylic oxidation sites excluding steroid dienone is 4. The summed E-state index contributed by atoms with van der Waals surface area (Å²) in [5.74, 6) is -0.580. The van der Waals surface area contributed by atoms with Gasteiger partial charge in [0.05, 0.1) is 18.2 Å². The van der Waals surface area contributed by atoms with Crippen molar-refractivity contribution < 1.29 is 24.2 Å². The van der Waals surface area contributed by atoms with E-state index in [2.05, 4.69) is 43.5 Å². The molecule has 6 aliphatic rings. The van der Waals surface area contributed by atoms with Gasteiger partial charge in [-0.2, -0.15) is 0 Å². The quantitative estimate of drug-likeness (QED) is 0.231. The Kier molecular flexibility index (Phi) is 8.77. The number of hydrogen-bond donors (Lipinski definition) is 3. The Morgan fingerprint density at radius 1 is 1.06 bits per heavy atom. The Morgan fingerprint density at radius 3 is 2.51 bits per heavy atom. The number of benzene rings is 1. The molecule has 6 aliphatic carbocycles. The molecule has 0 aliphatic heterocycles. The van der Waals surface area contributed by atoms with Gasteiger partial charge in [0.25, 0.3) is 0 Å². The molecule has 3 fully saturated rings. The SMILES string of the molecule is CC(C)NC(=O)N(CCc1cccs1)C[C@]1(O)CC[C@H]2[C@]34C=C[C@@]5(C=C3C(=O)Cc3c(F)cccc3Cl)CC(O)CC[C@]5(C)[C@H]4CC[C@@]21C. The first kappa shape index (κ1) is 34.9. The Bertz CT molecular complexity index is 1670. The van der Waals surface area contributed by atoms with E-state index in [1.54, 1.807) is 28.4 Å². The van der Waals surface area contributed by atoms with Crippen molar-refractivity contribution in [3.63, 3.8) is 0 Å². The van der Waals surface area contributed by atoms with Crippen molar-refractivity contribution in [2.45, 2.75) is 103 Å². The smallest absolute Gasteiger partial charge is 0.317 e. The number of Topliss-reactive ketones (excluding diaryl/α,β-unsaturated/α-hetero) is 1. The van der Waals surface area contributed by atoms with Crippen LogP contribution in [0, 0.1) is 39.3 Å². The zero-order valence-electron chi connectivity index (χ0n) is 29.1. The molecule has 3 N–H and O–H groups in total. The molecule has 2 amide bonds. The lowest BCUT2D eigenvalue weighted by Gasteiger charge is -2.71. The number of ketones is 1. The Morgan fingerprint density at radius 2 is 1.80 bits per heavy atom. The molecule has 2 aromatic rings. The van der Waals surface area contributed by atoms with E-state index in [1.807, 2.05) is 25.3 Å². The lowest BCUT2D eigenvalue weighted by atomic mass is 9.32. The number of carbonyl (C=O) groups excluding carboxylic acids is 2. The molecule has 49 heavy (non-hydrogen) atoms. The maximum atomic E-state index is 15.1. The van der Waals surface area contributed by atoms with Crippen LogP contribution in [0.25, 0.3) is 0 Å². The third kappa shape index (κ3) is 5.29. The van der Waals surface area contributed by atoms with Gasteiger partial charge in [-0.25, -0.2) is 9.18 Å². The molecule has 6 nitrogen and oxygen atoms in total. The van der Waals surface area contributed by atoms with Crippen molar-refractivity contribution >= 4 is 34.8 Å². The second kappa shape index (κ2) is 12.3. The fourth-order valence-electron chi connectivity index (χ4n) is 11.2. The summed E-state index contributed by atoms with van der Waals surface area (Å²) in [6.45, 7) is 9.12. The van der Waals surface area contributed by atoms with Gasteiger partial charge in [0.1, 0.15) is 5.82 Å². The summed E-state index contributed by atoms with van der Waals surface area (Å²) in [6.07, 6.45) is 11.7. The second-order valence-electron chi connectivity index (χ2n) is 16.5. The van der Waals surface area contributed by atoms with Gasteiger partial charge >= 0.3 is 6.03 Å². The fourth-order valence-corrected chi connectivity index (χ4v) is 12.1. The topological polar surface area (TPSA) is 89.9 Å². The van der Waals surface area contributed by atoms with Crippen LogP contribution < -0.4 is 5.32 Å². The van der Waals surface area contributed by atoms with E-state index >= 15 is 4.39 Å². The molecule has 8 atom stereocenters. The Labute approximate surface area is 298 Å². The number of hydrogen-bond acceptors (Lipinski definition) is 5. The van der Waals surface area contributed by atoms with E-state index in [9.17, 15) is 19.8 Å². The van der Waals surface area contributed by atoms with Crippen LogP contribution in [0.1, 0.15) is 83.1 Å². The van der Waals surface area contributed by atoms with Crippen molar-refractivity contribution in [2.24, 2.45) is 33.5 Å². The Hall–Kier alpha value is -2.52. The number of carbonyl (C=O) groups is 2. The molecular formula is C40H50ClFN2O4S. The molecule has 1 aromatic carbocycles. The van der Waals surface area contributed by atoms with E-state index in [1.165, 1.54) is 10.9 Å². The van der Waals surface area contributed by atoms with Gasteiger partial charge in [-0.3, -0.25) is 4.79 Å². The zero-order chi connectivity index (χ0) is 35.0. The standard InChI is InChI=1S/C40H50ClFN2O4S/c1-25(2)43-35(47)44(19-13-27-7-6-20-49-27)24-39(48)16-12-34-37(39,4)15-11-33-36(3)14-10-26(45)22-38(36)17-18-40(33,34)29(23-38)32(46)21-28-30(41)8-5-9-31(28)42/h5-9,17-18,20,23,25-26,33-34,45,48H,10-16,19,21-22,24H2,1-4H3,(H,43,47)/t26?,33-,34-,36-,37+,38+,39-,40-/m1/s1. The molecule has 264 valence electrons. The van der Waals surface area contributed by atoms with Gasteiger partial charge in [0, 0.05) is 56.3 Å². The van der Waals surface area contributed by atoms with Gasteiger partial charge in [-0.1, -0.05) is 55.8 Å². The lowest BCUT2D eigenvalue weighted by molar-refractivity contribution is -0.177. The summed E-state index contributed by atoms with van der Waals surface area (Å²) in [7, 11) is 0. The monoisotopic (exact) mass is 708 g/mol. The van der Waals surface area contributed by atoms with Crippen LogP contribution in [-0.2, 0) is 17.6 Å². The van der Waals surface area contributed by atoms with Crippen LogP contribution >= 0.6 is 22.9 Å². The van der Waals surface area contributed by atoms with E-state index in [0.29, 0.717) is 37.8 Å². The molecule has 1 unspecified atom stereocenters. The highest BCUT2D eigenvalue weighted by Crippen LogP contribution is 2.78. The zero-order valence-corrected chi connectivity index (χ0v) is 30.7. The molecule has 2 bridgehead atoms.